The van der Waals surface area contributed by atoms with Gasteiger partial charge < -0.3 is 9.64 Å². The predicted molar refractivity (Wildman–Crippen MR) is 103 cm³/mol. The zero-order chi connectivity index (χ0) is 19.4. The van der Waals surface area contributed by atoms with E-state index in [0.717, 1.165) is 36.9 Å². The van der Waals surface area contributed by atoms with Crippen molar-refractivity contribution in [2.24, 2.45) is 0 Å². The molecule has 144 valence electrons. The average molecular weight is 369 g/mol. The van der Waals surface area contributed by atoms with Gasteiger partial charge in [0.05, 0.1) is 18.8 Å². The van der Waals surface area contributed by atoms with Gasteiger partial charge in [-0.15, -0.1) is 0 Å². The summed E-state index contributed by atoms with van der Waals surface area (Å²) in [6.45, 7) is 4.67. The molecule has 27 heavy (non-hydrogen) atoms. The van der Waals surface area contributed by atoms with Crippen molar-refractivity contribution in [1.82, 2.24) is 14.7 Å². The number of aromatic nitrogens is 2. The van der Waals surface area contributed by atoms with Gasteiger partial charge in [-0.25, -0.2) is 0 Å². The molecule has 1 aliphatic heterocycles. The summed E-state index contributed by atoms with van der Waals surface area (Å²) >= 11 is 0. The van der Waals surface area contributed by atoms with Gasteiger partial charge >= 0.3 is 5.97 Å². The first-order valence-corrected chi connectivity index (χ1v) is 9.56. The Hall–Kier alpha value is -2.63. The molecule has 2 heterocycles. The number of ether oxygens (including phenoxy) is 1. The Kier molecular flexibility index (Phi) is 5.94. The lowest BCUT2D eigenvalue weighted by atomic mass is 10.0. The van der Waals surface area contributed by atoms with Crippen LogP contribution in [0.25, 0.3) is 11.3 Å². The van der Waals surface area contributed by atoms with Crippen molar-refractivity contribution in [1.29, 1.82) is 0 Å². The smallest absolute Gasteiger partial charge is 0.325 e. The lowest BCUT2D eigenvalue weighted by molar-refractivity contribution is -0.141. The fraction of sp³-hybridized carbons (Fsp3) is 0.476. The van der Waals surface area contributed by atoms with Crippen molar-refractivity contribution in [3.63, 3.8) is 0 Å². The van der Waals surface area contributed by atoms with Crippen molar-refractivity contribution in [3.8, 4) is 11.3 Å². The van der Waals surface area contributed by atoms with Gasteiger partial charge in [-0.05, 0) is 19.4 Å². The number of unbranched alkanes of at least 4 members (excludes halogenated alkanes) is 2. The fourth-order valence-corrected chi connectivity index (χ4v) is 3.47. The molecule has 6 nitrogen and oxygen atoms in total. The van der Waals surface area contributed by atoms with Gasteiger partial charge in [0, 0.05) is 12.1 Å². The van der Waals surface area contributed by atoms with E-state index in [1.807, 2.05) is 41.9 Å². The molecule has 1 amide bonds. The number of hydrogen-bond donors (Lipinski definition) is 0. The van der Waals surface area contributed by atoms with E-state index in [1.54, 1.807) is 4.90 Å². The van der Waals surface area contributed by atoms with Crippen LogP contribution in [0.1, 0.15) is 54.7 Å². The van der Waals surface area contributed by atoms with Crippen LogP contribution in [0.15, 0.2) is 30.3 Å². The third-order valence-electron chi connectivity index (χ3n) is 5.05. The summed E-state index contributed by atoms with van der Waals surface area (Å²) in [6.07, 6.45) is 4.28. The van der Waals surface area contributed by atoms with Gasteiger partial charge in [0.25, 0.3) is 5.91 Å². The Bertz CT molecular complexity index is 811. The zero-order valence-electron chi connectivity index (χ0n) is 16.3. The van der Waals surface area contributed by atoms with Gasteiger partial charge in [0.2, 0.25) is 0 Å². The number of aryl methyl sites for hydroxylation is 1. The van der Waals surface area contributed by atoms with Crippen LogP contribution in [0, 0.1) is 6.92 Å². The van der Waals surface area contributed by atoms with Gasteiger partial charge in [-0.3, -0.25) is 14.3 Å². The number of amides is 1. The summed E-state index contributed by atoms with van der Waals surface area (Å²) in [5.74, 6) is -0.569. The normalized spacial score (nSPS) is 16.3. The summed E-state index contributed by atoms with van der Waals surface area (Å²) in [7, 11) is 1.34. The third kappa shape index (κ3) is 4.21. The van der Waals surface area contributed by atoms with Gasteiger partial charge in [0.1, 0.15) is 12.2 Å². The van der Waals surface area contributed by atoms with Crippen LogP contribution in [0.2, 0.25) is 0 Å². The number of esters is 1. The molecule has 1 atom stereocenters. The van der Waals surface area contributed by atoms with Crippen molar-refractivity contribution >= 4 is 11.9 Å². The van der Waals surface area contributed by atoms with Crippen LogP contribution >= 0.6 is 0 Å². The van der Waals surface area contributed by atoms with Crippen molar-refractivity contribution < 1.29 is 14.3 Å². The second kappa shape index (κ2) is 8.37. The first kappa shape index (κ1) is 19.1. The average Bonchev–Trinajstić information content (AvgIpc) is 3.11. The Balaban J connectivity index is 1.92. The number of nitrogens with zero attached hydrogens (tertiary/aromatic N) is 3. The van der Waals surface area contributed by atoms with E-state index in [4.69, 9.17) is 9.84 Å². The van der Waals surface area contributed by atoms with Crippen molar-refractivity contribution in [2.45, 2.75) is 45.6 Å². The minimum atomic E-state index is -0.401. The minimum absolute atomic E-state index is 0.0232. The van der Waals surface area contributed by atoms with E-state index in [-0.39, 0.29) is 18.5 Å². The lowest BCUT2D eigenvalue weighted by Gasteiger charge is -2.32. The maximum Gasteiger partial charge on any atom is 0.325 e. The zero-order valence-corrected chi connectivity index (χ0v) is 16.3. The first-order chi connectivity index (χ1) is 13.0. The van der Waals surface area contributed by atoms with Gasteiger partial charge in [-0.2, -0.15) is 5.10 Å². The molecule has 0 spiro atoms. The third-order valence-corrected chi connectivity index (χ3v) is 5.05. The van der Waals surface area contributed by atoms with Crippen LogP contribution in [-0.2, 0) is 9.53 Å². The highest BCUT2D eigenvalue weighted by atomic mass is 16.5. The molecule has 1 unspecified atom stereocenters. The summed E-state index contributed by atoms with van der Waals surface area (Å²) in [5.41, 5.74) is 3.50. The number of methoxy groups -OCH3 is 1. The van der Waals surface area contributed by atoms with Crippen LogP contribution in [-0.4, -0.2) is 46.8 Å². The van der Waals surface area contributed by atoms with E-state index < -0.39 is 5.97 Å². The molecular weight excluding hydrogens is 342 g/mol. The van der Waals surface area contributed by atoms with Crippen LogP contribution in [0.4, 0.5) is 0 Å². The van der Waals surface area contributed by atoms with Gasteiger partial charge in [0.15, 0.2) is 0 Å². The summed E-state index contributed by atoms with van der Waals surface area (Å²) in [6, 6.07) is 10.0. The maximum absolute atomic E-state index is 12.9. The second-order valence-corrected chi connectivity index (χ2v) is 7.14. The molecule has 6 heteroatoms. The predicted octanol–water partition coefficient (Wildman–Crippen LogP) is 3.61. The molecule has 0 fully saturated rings. The molecule has 1 aromatic heterocycles. The number of rotatable bonds is 7. The van der Waals surface area contributed by atoms with Crippen LogP contribution < -0.4 is 0 Å². The molecule has 0 aliphatic carbocycles. The van der Waals surface area contributed by atoms with E-state index in [9.17, 15) is 9.59 Å². The van der Waals surface area contributed by atoms with Crippen LogP contribution in [0.3, 0.4) is 0 Å². The van der Waals surface area contributed by atoms with E-state index >= 15 is 0 Å². The number of fused-ring (bicyclic) bond motifs is 1. The van der Waals surface area contributed by atoms with E-state index in [1.165, 1.54) is 12.7 Å². The summed E-state index contributed by atoms with van der Waals surface area (Å²) < 4.78 is 6.62. The topological polar surface area (TPSA) is 64.4 Å². The van der Waals surface area contributed by atoms with Gasteiger partial charge in [-0.1, -0.05) is 56.0 Å². The van der Waals surface area contributed by atoms with Crippen molar-refractivity contribution in [2.75, 3.05) is 20.2 Å². The molecule has 3 rings (SSSR count). The highest BCUT2D eigenvalue weighted by Gasteiger charge is 2.33. The first-order valence-electron chi connectivity index (χ1n) is 9.56. The number of carbonyl (C=O) groups is 2. The fourth-order valence-electron chi connectivity index (χ4n) is 3.47. The molecule has 0 saturated heterocycles. The van der Waals surface area contributed by atoms with Crippen molar-refractivity contribution in [3.05, 3.63) is 41.6 Å². The molecule has 0 bridgehead atoms. The summed E-state index contributed by atoms with van der Waals surface area (Å²) in [5, 5.41) is 4.75. The minimum Gasteiger partial charge on any atom is -0.468 e. The Labute approximate surface area is 160 Å². The SMILES string of the molecule is CCCCCC1CN(CC(=O)OC)C(=O)c2cc(-c3ccc(C)cc3)nn21. The maximum atomic E-state index is 12.9. The standard InChI is InChI=1S/C21H27N3O3/c1-4-5-6-7-17-13-23(14-20(25)27-3)21(26)19-12-18(22-24(17)19)16-10-8-15(2)9-11-16/h8-12,17H,4-7,13-14H2,1-3H3. The second-order valence-electron chi connectivity index (χ2n) is 7.14. The number of carbonyl (C=O) groups excluding carboxylic acids is 2. The molecule has 0 saturated carbocycles. The monoisotopic (exact) mass is 369 g/mol. The largest absolute Gasteiger partial charge is 0.468 e. The highest BCUT2D eigenvalue weighted by molar-refractivity contribution is 5.96. The quantitative estimate of drug-likeness (QED) is 0.552. The molecular formula is C21H27N3O3. The lowest BCUT2D eigenvalue weighted by Crippen LogP contribution is -2.45. The molecule has 0 N–H and O–H groups in total. The molecule has 2 aromatic rings. The number of hydrogen-bond acceptors (Lipinski definition) is 4. The molecule has 0 radical (unpaired) electrons. The highest BCUT2D eigenvalue weighted by Crippen LogP contribution is 2.29. The Morgan fingerprint density at radius 1 is 1.26 bits per heavy atom. The Morgan fingerprint density at radius 2 is 2.00 bits per heavy atom. The molecule has 1 aromatic carbocycles. The van der Waals surface area contributed by atoms with E-state index in [2.05, 4.69) is 6.92 Å². The Morgan fingerprint density at radius 3 is 2.67 bits per heavy atom. The number of benzene rings is 1. The van der Waals surface area contributed by atoms with E-state index in [0.29, 0.717) is 12.2 Å². The molecule has 1 aliphatic rings. The van der Waals surface area contributed by atoms with Crippen LogP contribution in [0.5, 0.6) is 0 Å². The summed E-state index contributed by atoms with van der Waals surface area (Å²) in [4.78, 5) is 26.2.